The van der Waals surface area contributed by atoms with Gasteiger partial charge in [0, 0.05) is 36.8 Å². The van der Waals surface area contributed by atoms with Crippen LogP contribution in [0.5, 0.6) is 0 Å². The predicted molar refractivity (Wildman–Crippen MR) is 136 cm³/mol. The molecule has 2 saturated carbocycles. The Labute approximate surface area is 213 Å². The van der Waals surface area contributed by atoms with E-state index in [2.05, 4.69) is 20.4 Å². The van der Waals surface area contributed by atoms with Gasteiger partial charge in [-0.3, -0.25) is 0 Å². The number of carboxylic acids is 1. The maximum atomic E-state index is 11.1. The second-order valence-electron chi connectivity index (χ2n) is 10.1. The SMILES string of the molecule is O=C(O)c1ccc(N2CCC3(CC2)CC(Nc2c(-c4c(Cl)cccc4Cl)noc2C2CC2)C3)nc1. The van der Waals surface area contributed by atoms with Crippen LogP contribution in [0.25, 0.3) is 11.3 Å². The smallest absolute Gasteiger partial charge is 0.337 e. The molecule has 182 valence electrons. The van der Waals surface area contributed by atoms with Crippen LogP contribution in [0.15, 0.2) is 41.1 Å². The van der Waals surface area contributed by atoms with Crippen molar-refractivity contribution in [3.63, 3.8) is 0 Å². The average Bonchev–Trinajstić information content (AvgIpc) is 3.60. The van der Waals surface area contributed by atoms with Crippen LogP contribution < -0.4 is 10.2 Å². The highest BCUT2D eigenvalue weighted by Crippen LogP contribution is 2.53. The van der Waals surface area contributed by atoms with Crippen molar-refractivity contribution in [1.29, 1.82) is 0 Å². The zero-order valence-electron chi connectivity index (χ0n) is 19.1. The van der Waals surface area contributed by atoms with Gasteiger partial charge in [0.2, 0.25) is 0 Å². The van der Waals surface area contributed by atoms with Crippen molar-refractivity contribution in [3.05, 3.63) is 57.9 Å². The van der Waals surface area contributed by atoms with Gasteiger partial charge in [0.15, 0.2) is 5.76 Å². The number of aromatic nitrogens is 2. The number of pyridine rings is 1. The van der Waals surface area contributed by atoms with Crippen LogP contribution in [0.2, 0.25) is 10.0 Å². The number of anilines is 2. The van der Waals surface area contributed by atoms with Crippen molar-refractivity contribution in [2.75, 3.05) is 23.3 Å². The van der Waals surface area contributed by atoms with Gasteiger partial charge < -0.3 is 19.8 Å². The Bertz CT molecular complexity index is 1240. The van der Waals surface area contributed by atoms with E-state index in [4.69, 9.17) is 32.8 Å². The second-order valence-corrected chi connectivity index (χ2v) is 10.9. The van der Waals surface area contributed by atoms with Crippen molar-refractivity contribution < 1.29 is 14.4 Å². The first kappa shape index (κ1) is 22.7. The van der Waals surface area contributed by atoms with E-state index < -0.39 is 5.97 Å². The molecule has 2 aliphatic carbocycles. The molecule has 1 spiro atoms. The van der Waals surface area contributed by atoms with E-state index in [-0.39, 0.29) is 5.56 Å². The number of nitrogens with zero attached hydrogens (tertiary/aromatic N) is 3. The minimum Gasteiger partial charge on any atom is -0.478 e. The number of nitrogens with one attached hydrogen (secondary N) is 1. The predicted octanol–water partition coefficient (Wildman–Crippen LogP) is 6.48. The number of aromatic carboxylic acids is 1. The van der Waals surface area contributed by atoms with Crippen LogP contribution in [-0.4, -0.2) is 40.3 Å². The molecule has 3 fully saturated rings. The first-order valence-electron chi connectivity index (χ1n) is 12.1. The number of hydrogen-bond donors (Lipinski definition) is 2. The molecular formula is C26H26Cl2N4O3. The molecule has 3 aliphatic rings. The first-order chi connectivity index (χ1) is 16.9. The summed E-state index contributed by atoms with van der Waals surface area (Å²) in [4.78, 5) is 17.7. The lowest BCUT2D eigenvalue weighted by molar-refractivity contribution is 0.0696. The highest BCUT2D eigenvalue weighted by molar-refractivity contribution is 6.39. The van der Waals surface area contributed by atoms with E-state index in [0.717, 1.165) is 74.4 Å². The topological polar surface area (TPSA) is 91.5 Å². The summed E-state index contributed by atoms with van der Waals surface area (Å²) in [6.45, 7) is 1.85. The minimum absolute atomic E-state index is 0.215. The van der Waals surface area contributed by atoms with E-state index in [1.165, 1.54) is 6.20 Å². The van der Waals surface area contributed by atoms with Gasteiger partial charge in [-0.05, 0) is 68.2 Å². The molecule has 1 aromatic carbocycles. The maximum Gasteiger partial charge on any atom is 0.337 e. The molecule has 2 N–H and O–H groups in total. The monoisotopic (exact) mass is 512 g/mol. The maximum absolute atomic E-state index is 11.1. The fraction of sp³-hybridized carbons (Fsp3) is 0.423. The molecule has 0 amide bonds. The van der Waals surface area contributed by atoms with Crippen LogP contribution in [0.4, 0.5) is 11.5 Å². The standard InChI is InChI=1S/C26H26Cl2N4O3/c27-18-2-1-3-19(28)21(18)22-23(24(35-31-22)15-4-5-15)30-17-12-26(13-17)8-10-32(11-9-26)20-7-6-16(14-29-20)25(33)34/h1-3,6-7,14-15,17,30H,4-5,8-13H2,(H,33,34). The summed E-state index contributed by atoms with van der Waals surface area (Å²) < 4.78 is 5.80. The van der Waals surface area contributed by atoms with Gasteiger partial charge in [-0.1, -0.05) is 34.4 Å². The van der Waals surface area contributed by atoms with Crippen molar-refractivity contribution in [2.45, 2.75) is 50.5 Å². The summed E-state index contributed by atoms with van der Waals surface area (Å²) >= 11 is 13.0. The summed E-state index contributed by atoms with van der Waals surface area (Å²) in [5, 5.41) is 18.4. The molecule has 0 unspecified atom stereocenters. The van der Waals surface area contributed by atoms with Gasteiger partial charge in [-0.2, -0.15) is 0 Å². The normalized spacial score (nSPS) is 19.5. The molecule has 1 saturated heterocycles. The Balaban J connectivity index is 1.13. The lowest BCUT2D eigenvalue weighted by atomic mass is 9.60. The van der Waals surface area contributed by atoms with Gasteiger partial charge in [0.1, 0.15) is 17.2 Å². The minimum atomic E-state index is -0.952. The molecule has 3 aromatic rings. The summed E-state index contributed by atoms with van der Waals surface area (Å²) in [7, 11) is 0. The molecule has 0 bridgehead atoms. The molecular weight excluding hydrogens is 487 g/mol. The summed E-state index contributed by atoms with van der Waals surface area (Å²) in [6.07, 6.45) is 8.04. The molecule has 0 radical (unpaired) electrons. The molecule has 3 heterocycles. The van der Waals surface area contributed by atoms with E-state index in [0.29, 0.717) is 33.1 Å². The van der Waals surface area contributed by atoms with Gasteiger partial charge in [-0.15, -0.1) is 0 Å². The summed E-state index contributed by atoms with van der Waals surface area (Å²) in [5.74, 6) is 1.23. The molecule has 0 atom stereocenters. The highest BCUT2D eigenvalue weighted by atomic mass is 35.5. The molecule has 35 heavy (non-hydrogen) atoms. The number of benzene rings is 1. The van der Waals surface area contributed by atoms with Crippen LogP contribution in [-0.2, 0) is 0 Å². The van der Waals surface area contributed by atoms with Crippen molar-refractivity contribution >= 4 is 40.7 Å². The fourth-order valence-electron chi connectivity index (χ4n) is 5.57. The average molecular weight is 513 g/mol. The third-order valence-electron chi connectivity index (χ3n) is 7.72. The van der Waals surface area contributed by atoms with Crippen molar-refractivity contribution in [3.8, 4) is 11.3 Å². The highest BCUT2D eigenvalue weighted by Gasteiger charge is 2.47. The molecule has 2 aromatic heterocycles. The zero-order chi connectivity index (χ0) is 24.2. The Morgan fingerprint density at radius 3 is 2.43 bits per heavy atom. The summed E-state index contributed by atoms with van der Waals surface area (Å²) in [6, 6.07) is 9.27. The second kappa shape index (κ2) is 8.71. The number of carboxylic acid groups (broad SMARTS) is 1. The number of hydrogen-bond acceptors (Lipinski definition) is 6. The van der Waals surface area contributed by atoms with Crippen LogP contribution >= 0.6 is 23.2 Å². The van der Waals surface area contributed by atoms with E-state index in [9.17, 15) is 4.79 Å². The van der Waals surface area contributed by atoms with E-state index in [1.54, 1.807) is 12.1 Å². The van der Waals surface area contributed by atoms with Gasteiger partial charge >= 0.3 is 5.97 Å². The van der Waals surface area contributed by atoms with Crippen LogP contribution in [0, 0.1) is 5.41 Å². The fourth-order valence-corrected chi connectivity index (χ4v) is 6.15. The van der Waals surface area contributed by atoms with E-state index >= 15 is 0 Å². The molecule has 1 aliphatic heterocycles. The third kappa shape index (κ3) is 4.25. The lowest BCUT2D eigenvalue weighted by Crippen LogP contribution is -2.51. The van der Waals surface area contributed by atoms with Gasteiger partial charge in [0.05, 0.1) is 15.6 Å². The van der Waals surface area contributed by atoms with Gasteiger partial charge in [0.25, 0.3) is 0 Å². The number of carbonyl (C=O) groups is 1. The van der Waals surface area contributed by atoms with E-state index in [1.807, 2.05) is 18.2 Å². The van der Waals surface area contributed by atoms with Crippen LogP contribution in [0.3, 0.4) is 0 Å². The number of piperidine rings is 1. The molecule has 7 nitrogen and oxygen atoms in total. The third-order valence-corrected chi connectivity index (χ3v) is 8.35. The number of halogens is 2. The molecule has 6 rings (SSSR count). The quantitative estimate of drug-likeness (QED) is 0.390. The van der Waals surface area contributed by atoms with Crippen molar-refractivity contribution in [2.24, 2.45) is 5.41 Å². The Hall–Kier alpha value is -2.77. The van der Waals surface area contributed by atoms with Crippen molar-refractivity contribution in [1.82, 2.24) is 10.1 Å². The van der Waals surface area contributed by atoms with Crippen LogP contribution in [0.1, 0.15) is 60.6 Å². The Morgan fingerprint density at radius 1 is 1.11 bits per heavy atom. The Morgan fingerprint density at radius 2 is 1.83 bits per heavy atom. The zero-order valence-corrected chi connectivity index (χ0v) is 20.6. The molecule has 9 heteroatoms. The largest absolute Gasteiger partial charge is 0.478 e. The lowest BCUT2D eigenvalue weighted by Gasteiger charge is -2.52. The Kier molecular flexibility index (Phi) is 5.65. The number of rotatable bonds is 6. The summed E-state index contributed by atoms with van der Waals surface area (Å²) in [5.41, 5.74) is 2.91. The first-order valence-corrected chi connectivity index (χ1v) is 12.8. The van der Waals surface area contributed by atoms with Gasteiger partial charge in [-0.25, -0.2) is 9.78 Å².